The Morgan fingerprint density at radius 3 is 2.86 bits per heavy atom. The fourth-order valence-corrected chi connectivity index (χ4v) is 2.66. The Balaban J connectivity index is 2.40. The Morgan fingerprint density at radius 1 is 1.57 bits per heavy atom. The van der Waals surface area contributed by atoms with Gasteiger partial charge in [0.1, 0.15) is 0 Å². The normalized spacial score (nSPS) is 20.1. The fourth-order valence-electron chi connectivity index (χ4n) is 2.66. The lowest BCUT2D eigenvalue weighted by Gasteiger charge is -2.20. The molecule has 1 aliphatic carbocycles. The Morgan fingerprint density at radius 2 is 2.33 bits per heavy atom. The Bertz CT molecular complexity index is 409. The molecular weight excluding hydrogens is 260 g/mol. The number of allylic oxidation sites excluding steroid dienone is 3. The minimum atomic E-state index is 0.0541. The van der Waals surface area contributed by atoms with Gasteiger partial charge in [-0.15, -0.1) is 0 Å². The van der Waals surface area contributed by atoms with Gasteiger partial charge in [0.05, 0.1) is 6.21 Å². The summed E-state index contributed by atoms with van der Waals surface area (Å²) in [7, 11) is 0. The van der Waals surface area contributed by atoms with Gasteiger partial charge in [-0.25, -0.2) is 5.43 Å². The van der Waals surface area contributed by atoms with Crippen molar-refractivity contribution in [3.8, 4) is 0 Å². The van der Waals surface area contributed by atoms with Crippen molar-refractivity contribution < 1.29 is 4.79 Å². The molecule has 0 aromatic rings. The zero-order chi connectivity index (χ0) is 15.7. The standard InChI is InChI=1S/C18H30N2O/c1-5-7-8-16(6-2)18(21)20-19-13-15-9-11-17(12-10-15)14(3)4/h9,13,16-17H,3,5-8,10-12H2,1-2,4H3,(H,20,21)/b19-13+/t16?,17-/m1/s1. The molecule has 0 aliphatic heterocycles. The summed E-state index contributed by atoms with van der Waals surface area (Å²) in [6.07, 6.45) is 11.3. The van der Waals surface area contributed by atoms with Crippen molar-refractivity contribution >= 4 is 12.1 Å². The number of hydrogen-bond acceptors (Lipinski definition) is 2. The zero-order valence-corrected chi connectivity index (χ0v) is 13.8. The van der Waals surface area contributed by atoms with E-state index in [2.05, 4.69) is 44.0 Å². The SMILES string of the molecule is C=C(C)[C@@H]1CC=C(/C=N/NC(=O)C(CC)CCCC)CC1. The van der Waals surface area contributed by atoms with Crippen LogP contribution in [-0.4, -0.2) is 12.1 Å². The summed E-state index contributed by atoms with van der Waals surface area (Å²) in [5, 5.41) is 4.13. The number of nitrogens with zero attached hydrogens (tertiary/aromatic N) is 1. The number of carbonyl (C=O) groups excluding carboxylic acids is 1. The van der Waals surface area contributed by atoms with E-state index in [1.54, 1.807) is 6.21 Å². The second-order valence-electron chi connectivity index (χ2n) is 6.08. The van der Waals surface area contributed by atoms with Crippen LogP contribution >= 0.6 is 0 Å². The predicted octanol–water partition coefficient (Wildman–Crippen LogP) is 4.61. The van der Waals surface area contributed by atoms with Gasteiger partial charge in [-0.05, 0) is 50.5 Å². The van der Waals surface area contributed by atoms with Crippen LogP contribution in [0.1, 0.15) is 65.7 Å². The predicted molar refractivity (Wildman–Crippen MR) is 90.2 cm³/mol. The van der Waals surface area contributed by atoms with Crippen molar-refractivity contribution in [1.82, 2.24) is 5.43 Å². The zero-order valence-electron chi connectivity index (χ0n) is 13.8. The largest absolute Gasteiger partial charge is 0.273 e. The van der Waals surface area contributed by atoms with Crippen LogP contribution in [0.4, 0.5) is 0 Å². The van der Waals surface area contributed by atoms with Crippen LogP contribution < -0.4 is 5.43 Å². The van der Waals surface area contributed by atoms with E-state index in [0.29, 0.717) is 5.92 Å². The molecule has 1 aliphatic rings. The summed E-state index contributed by atoms with van der Waals surface area (Å²) in [5.41, 5.74) is 5.17. The number of nitrogens with one attached hydrogen (secondary N) is 1. The van der Waals surface area contributed by atoms with Crippen LogP contribution in [0.5, 0.6) is 0 Å². The molecule has 0 bridgehead atoms. The molecule has 3 nitrogen and oxygen atoms in total. The van der Waals surface area contributed by atoms with Crippen LogP contribution in [0.3, 0.4) is 0 Å². The molecule has 2 atom stereocenters. The molecule has 0 heterocycles. The average molecular weight is 290 g/mol. The van der Waals surface area contributed by atoms with Crippen LogP contribution in [0.2, 0.25) is 0 Å². The number of unbranched alkanes of at least 4 members (excludes halogenated alkanes) is 1. The van der Waals surface area contributed by atoms with Gasteiger partial charge in [0.2, 0.25) is 5.91 Å². The Kier molecular flexibility index (Phi) is 8.03. The van der Waals surface area contributed by atoms with Gasteiger partial charge in [-0.3, -0.25) is 4.79 Å². The quantitative estimate of drug-likeness (QED) is 0.396. The summed E-state index contributed by atoms with van der Waals surface area (Å²) in [6, 6.07) is 0. The number of rotatable bonds is 8. The van der Waals surface area contributed by atoms with Crippen molar-refractivity contribution in [2.45, 2.75) is 65.7 Å². The van der Waals surface area contributed by atoms with E-state index in [9.17, 15) is 4.79 Å². The minimum Gasteiger partial charge on any atom is -0.273 e. The number of hydrazone groups is 1. The van der Waals surface area contributed by atoms with E-state index >= 15 is 0 Å². The first-order valence-corrected chi connectivity index (χ1v) is 8.25. The van der Waals surface area contributed by atoms with Crippen molar-refractivity contribution in [1.29, 1.82) is 0 Å². The van der Waals surface area contributed by atoms with E-state index in [1.165, 1.54) is 11.1 Å². The monoisotopic (exact) mass is 290 g/mol. The van der Waals surface area contributed by atoms with Crippen molar-refractivity contribution in [2.24, 2.45) is 16.9 Å². The van der Waals surface area contributed by atoms with Crippen molar-refractivity contribution in [3.05, 3.63) is 23.8 Å². The molecule has 0 fully saturated rings. The highest BCUT2D eigenvalue weighted by Gasteiger charge is 2.16. The topological polar surface area (TPSA) is 41.5 Å². The number of amides is 1. The van der Waals surface area contributed by atoms with E-state index in [1.807, 2.05) is 0 Å². The lowest BCUT2D eigenvalue weighted by atomic mass is 9.86. The van der Waals surface area contributed by atoms with Crippen LogP contribution in [0, 0.1) is 11.8 Å². The van der Waals surface area contributed by atoms with Gasteiger partial charge in [0.15, 0.2) is 0 Å². The lowest BCUT2D eigenvalue weighted by molar-refractivity contribution is -0.125. The van der Waals surface area contributed by atoms with Gasteiger partial charge in [-0.2, -0.15) is 5.10 Å². The third-order valence-corrected chi connectivity index (χ3v) is 4.32. The third kappa shape index (κ3) is 6.28. The van der Waals surface area contributed by atoms with Gasteiger partial charge in [-0.1, -0.05) is 44.9 Å². The van der Waals surface area contributed by atoms with Crippen molar-refractivity contribution in [3.63, 3.8) is 0 Å². The third-order valence-electron chi connectivity index (χ3n) is 4.32. The fraction of sp³-hybridized carbons (Fsp3) is 0.667. The molecule has 1 N–H and O–H groups in total. The van der Waals surface area contributed by atoms with Gasteiger partial charge in [0.25, 0.3) is 0 Å². The van der Waals surface area contributed by atoms with E-state index in [4.69, 9.17) is 0 Å². The highest BCUT2D eigenvalue weighted by atomic mass is 16.2. The molecule has 118 valence electrons. The van der Waals surface area contributed by atoms with Gasteiger partial charge >= 0.3 is 0 Å². The summed E-state index contributed by atoms with van der Waals surface area (Å²) in [5.74, 6) is 0.754. The summed E-state index contributed by atoms with van der Waals surface area (Å²) in [6.45, 7) is 10.3. The highest BCUT2D eigenvalue weighted by molar-refractivity contribution is 5.82. The van der Waals surface area contributed by atoms with Crippen LogP contribution in [0.25, 0.3) is 0 Å². The maximum absolute atomic E-state index is 12.0. The van der Waals surface area contributed by atoms with Crippen LogP contribution in [0.15, 0.2) is 28.9 Å². The van der Waals surface area contributed by atoms with E-state index in [0.717, 1.165) is 44.9 Å². The summed E-state index contributed by atoms with van der Waals surface area (Å²) in [4.78, 5) is 12.0. The molecule has 0 spiro atoms. The molecule has 0 saturated heterocycles. The Hall–Kier alpha value is -1.38. The maximum atomic E-state index is 12.0. The molecular formula is C18H30N2O. The minimum absolute atomic E-state index is 0.0541. The van der Waals surface area contributed by atoms with E-state index < -0.39 is 0 Å². The molecule has 0 aromatic carbocycles. The van der Waals surface area contributed by atoms with Crippen molar-refractivity contribution in [2.75, 3.05) is 0 Å². The molecule has 0 aromatic heterocycles. The average Bonchev–Trinajstić information content (AvgIpc) is 2.48. The van der Waals surface area contributed by atoms with Gasteiger partial charge in [0, 0.05) is 5.92 Å². The molecule has 1 rings (SSSR count). The molecule has 0 saturated carbocycles. The second kappa shape index (κ2) is 9.54. The first kappa shape index (κ1) is 17.7. The van der Waals surface area contributed by atoms with Crippen LogP contribution in [-0.2, 0) is 4.79 Å². The molecule has 3 heteroatoms. The van der Waals surface area contributed by atoms with E-state index in [-0.39, 0.29) is 11.8 Å². The first-order chi connectivity index (χ1) is 10.1. The molecule has 0 radical (unpaired) electrons. The highest BCUT2D eigenvalue weighted by Crippen LogP contribution is 2.27. The number of hydrogen-bond donors (Lipinski definition) is 1. The summed E-state index contributed by atoms with van der Waals surface area (Å²) >= 11 is 0. The van der Waals surface area contributed by atoms with Gasteiger partial charge < -0.3 is 0 Å². The molecule has 1 amide bonds. The first-order valence-electron chi connectivity index (χ1n) is 8.25. The lowest BCUT2D eigenvalue weighted by Crippen LogP contribution is -2.26. The molecule has 1 unspecified atom stereocenters. The number of carbonyl (C=O) groups is 1. The molecule has 21 heavy (non-hydrogen) atoms. The second-order valence-corrected chi connectivity index (χ2v) is 6.08. The summed E-state index contributed by atoms with van der Waals surface area (Å²) < 4.78 is 0. The smallest absolute Gasteiger partial charge is 0.243 e. The Labute approximate surface area is 129 Å². The maximum Gasteiger partial charge on any atom is 0.243 e.